The number of carbonyl (C=O) groups is 2. The van der Waals surface area contributed by atoms with Crippen molar-refractivity contribution in [2.75, 3.05) is 20.6 Å². The molecule has 2 N–H and O–H groups in total. The fourth-order valence-corrected chi connectivity index (χ4v) is 1.57. The molecule has 0 bridgehead atoms. The van der Waals surface area contributed by atoms with Crippen molar-refractivity contribution in [3.05, 3.63) is 22.6 Å². The predicted octanol–water partition coefficient (Wildman–Crippen LogP) is 0.930. The summed E-state index contributed by atoms with van der Waals surface area (Å²) >= 11 is 3.20. The van der Waals surface area contributed by atoms with Crippen molar-refractivity contribution in [3.8, 4) is 0 Å². The summed E-state index contributed by atoms with van der Waals surface area (Å²) in [5.41, 5.74) is 0. The average molecular weight is 304 g/mol. The molecule has 0 aliphatic carbocycles. The van der Waals surface area contributed by atoms with Gasteiger partial charge in [0.05, 0.1) is 13.1 Å². The lowest BCUT2D eigenvalue weighted by molar-refractivity contribution is -0.121. The Bertz CT molecular complexity index is 405. The van der Waals surface area contributed by atoms with E-state index >= 15 is 0 Å². The molecular formula is C10H14BrN3O3. The van der Waals surface area contributed by atoms with Crippen LogP contribution in [0, 0.1) is 0 Å². The maximum Gasteiger partial charge on any atom is 0.321 e. The van der Waals surface area contributed by atoms with E-state index in [9.17, 15) is 9.59 Å². The number of likely N-dealkylation sites (N-methyl/N-ethyl adjacent to an activating group) is 1. The minimum absolute atomic E-state index is 0.117. The molecule has 6 nitrogen and oxygen atoms in total. The zero-order chi connectivity index (χ0) is 12.8. The molecule has 0 spiro atoms. The number of hydrogen-bond acceptors (Lipinski definition) is 4. The highest BCUT2D eigenvalue weighted by molar-refractivity contribution is 9.10. The van der Waals surface area contributed by atoms with Gasteiger partial charge >= 0.3 is 6.03 Å². The molecule has 1 rings (SSSR count). The summed E-state index contributed by atoms with van der Waals surface area (Å²) in [7, 11) is 3.21. The van der Waals surface area contributed by atoms with E-state index in [1.54, 1.807) is 18.0 Å². The summed E-state index contributed by atoms with van der Waals surface area (Å²) in [6.07, 6.45) is 0. The normalized spacial score (nSPS) is 10.4. The van der Waals surface area contributed by atoms with Crippen molar-refractivity contribution in [1.82, 2.24) is 15.5 Å². The number of nitrogens with one attached hydrogen (secondary N) is 2. The summed E-state index contributed by atoms with van der Waals surface area (Å²) < 4.78 is 5.95. The van der Waals surface area contributed by atoms with Gasteiger partial charge in [0.15, 0.2) is 4.67 Å². The molecule has 94 valence electrons. The van der Waals surface area contributed by atoms with E-state index in [2.05, 4.69) is 26.6 Å². The van der Waals surface area contributed by atoms with Crippen LogP contribution in [0.25, 0.3) is 0 Å². The van der Waals surface area contributed by atoms with E-state index in [0.717, 1.165) is 5.76 Å². The van der Waals surface area contributed by atoms with E-state index in [1.165, 1.54) is 7.05 Å². The second-order valence-corrected chi connectivity index (χ2v) is 4.29. The number of rotatable bonds is 4. The van der Waals surface area contributed by atoms with Gasteiger partial charge in [-0.15, -0.1) is 0 Å². The minimum Gasteiger partial charge on any atom is -0.453 e. The van der Waals surface area contributed by atoms with Crippen LogP contribution in [0.2, 0.25) is 0 Å². The van der Waals surface area contributed by atoms with E-state index in [-0.39, 0.29) is 12.5 Å². The number of imide groups is 1. The lowest BCUT2D eigenvalue weighted by Gasteiger charge is -2.14. The summed E-state index contributed by atoms with van der Waals surface area (Å²) in [6.45, 7) is 0.610. The lowest BCUT2D eigenvalue weighted by atomic mass is 10.4. The van der Waals surface area contributed by atoms with Crippen molar-refractivity contribution in [2.45, 2.75) is 6.54 Å². The third-order valence-electron chi connectivity index (χ3n) is 1.95. The van der Waals surface area contributed by atoms with Crippen molar-refractivity contribution >= 4 is 27.9 Å². The standard InChI is InChI=1S/C10H14BrN3O3/c1-12-10(16)13-9(15)6-14(2)5-7-3-4-8(11)17-7/h3-4H,5-6H2,1-2H3,(H2,12,13,15,16). The Labute approximate surface area is 107 Å². The average Bonchev–Trinajstić information content (AvgIpc) is 2.63. The molecule has 7 heteroatoms. The number of nitrogens with zero attached hydrogens (tertiary/aromatic N) is 1. The number of urea groups is 1. The molecule has 0 radical (unpaired) electrons. The molecular weight excluding hydrogens is 290 g/mol. The molecule has 1 heterocycles. The van der Waals surface area contributed by atoms with Crippen LogP contribution in [-0.2, 0) is 11.3 Å². The zero-order valence-corrected chi connectivity index (χ0v) is 11.2. The maximum atomic E-state index is 11.4. The van der Waals surface area contributed by atoms with Gasteiger partial charge < -0.3 is 9.73 Å². The first-order valence-electron chi connectivity index (χ1n) is 4.95. The Morgan fingerprint density at radius 2 is 2.18 bits per heavy atom. The number of hydrogen-bond donors (Lipinski definition) is 2. The summed E-state index contributed by atoms with van der Waals surface area (Å²) in [5, 5.41) is 4.49. The molecule has 0 saturated carbocycles. The monoisotopic (exact) mass is 303 g/mol. The summed E-state index contributed by atoms with van der Waals surface area (Å²) in [4.78, 5) is 24.0. The van der Waals surface area contributed by atoms with Gasteiger partial charge in [-0.05, 0) is 35.1 Å². The van der Waals surface area contributed by atoms with Crippen LogP contribution in [0.3, 0.4) is 0 Å². The van der Waals surface area contributed by atoms with Gasteiger partial charge in [0.2, 0.25) is 5.91 Å². The van der Waals surface area contributed by atoms with Gasteiger partial charge in [0, 0.05) is 7.05 Å². The van der Waals surface area contributed by atoms with Crippen LogP contribution in [0.15, 0.2) is 21.2 Å². The van der Waals surface area contributed by atoms with Crippen LogP contribution >= 0.6 is 15.9 Å². The van der Waals surface area contributed by atoms with Crippen molar-refractivity contribution in [2.24, 2.45) is 0 Å². The lowest BCUT2D eigenvalue weighted by Crippen LogP contribution is -2.42. The molecule has 0 aliphatic heterocycles. The molecule has 17 heavy (non-hydrogen) atoms. The molecule has 0 unspecified atom stereocenters. The van der Waals surface area contributed by atoms with E-state index in [1.807, 2.05) is 6.07 Å². The molecule has 0 fully saturated rings. The van der Waals surface area contributed by atoms with Crippen LogP contribution in [-0.4, -0.2) is 37.5 Å². The molecule has 0 saturated heterocycles. The van der Waals surface area contributed by atoms with E-state index in [0.29, 0.717) is 11.2 Å². The van der Waals surface area contributed by atoms with Crippen LogP contribution < -0.4 is 10.6 Å². The Morgan fingerprint density at radius 1 is 1.47 bits per heavy atom. The van der Waals surface area contributed by atoms with Crippen molar-refractivity contribution in [3.63, 3.8) is 0 Å². The van der Waals surface area contributed by atoms with Crippen LogP contribution in [0.4, 0.5) is 4.79 Å². The topological polar surface area (TPSA) is 74.6 Å². The van der Waals surface area contributed by atoms with Gasteiger partial charge in [-0.2, -0.15) is 0 Å². The van der Waals surface area contributed by atoms with Gasteiger partial charge in [0.1, 0.15) is 5.76 Å². The second kappa shape index (κ2) is 6.41. The number of carbonyl (C=O) groups excluding carboxylic acids is 2. The van der Waals surface area contributed by atoms with Crippen LogP contribution in [0.5, 0.6) is 0 Å². The third kappa shape index (κ3) is 5.01. The number of amides is 3. The van der Waals surface area contributed by atoms with Crippen LogP contribution in [0.1, 0.15) is 5.76 Å². The van der Waals surface area contributed by atoms with E-state index < -0.39 is 6.03 Å². The smallest absolute Gasteiger partial charge is 0.321 e. The van der Waals surface area contributed by atoms with Crippen molar-refractivity contribution < 1.29 is 14.0 Å². The quantitative estimate of drug-likeness (QED) is 0.868. The molecule has 0 aromatic carbocycles. The highest BCUT2D eigenvalue weighted by Gasteiger charge is 2.11. The van der Waals surface area contributed by atoms with Gasteiger partial charge in [0.25, 0.3) is 0 Å². The zero-order valence-electron chi connectivity index (χ0n) is 9.62. The number of furan rings is 1. The fraction of sp³-hybridized carbons (Fsp3) is 0.400. The Kier molecular flexibility index (Phi) is 5.17. The highest BCUT2D eigenvalue weighted by Crippen LogP contribution is 2.14. The van der Waals surface area contributed by atoms with Crippen molar-refractivity contribution in [1.29, 1.82) is 0 Å². The van der Waals surface area contributed by atoms with Gasteiger partial charge in [-0.1, -0.05) is 0 Å². The summed E-state index contributed by atoms with van der Waals surface area (Å²) in [5.74, 6) is 0.379. The molecule has 0 atom stereocenters. The SMILES string of the molecule is CNC(=O)NC(=O)CN(C)Cc1ccc(Br)o1. The Balaban J connectivity index is 2.36. The Morgan fingerprint density at radius 3 is 2.71 bits per heavy atom. The van der Waals surface area contributed by atoms with Gasteiger partial charge in [-0.3, -0.25) is 15.0 Å². The predicted molar refractivity (Wildman–Crippen MR) is 65.3 cm³/mol. The Hall–Kier alpha value is -1.34. The molecule has 0 aliphatic rings. The molecule has 3 amide bonds. The summed E-state index contributed by atoms with van der Waals surface area (Å²) in [6, 6.07) is 3.09. The third-order valence-corrected chi connectivity index (χ3v) is 2.37. The second-order valence-electron chi connectivity index (χ2n) is 3.51. The van der Waals surface area contributed by atoms with E-state index in [4.69, 9.17) is 4.42 Å². The highest BCUT2D eigenvalue weighted by atomic mass is 79.9. The fourth-order valence-electron chi connectivity index (χ4n) is 1.23. The maximum absolute atomic E-state index is 11.4. The first-order chi connectivity index (χ1) is 8.01. The van der Waals surface area contributed by atoms with Gasteiger partial charge in [-0.25, -0.2) is 4.79 Å². The largest absolute Gasteiger partial charge is 0.453 e. The minimum atomic E-state index is -0.510. The first kappa shape index (κ1) is 13.7. The number of halogens is 1. The first-order valence-corrected chi connectivity index (χ1v) is 5.75. The molecule has 1 aromatic rings. The molecule has 1 aromatic heterocycles.